The third kappa shape index (κ3) is 6.40. The number of piperazine rings is 1. The number of nitrogens with one attached hydrogen (secondary N) is 2. The van der Waals surface area contributed by atoms with Crippen LogP contribution in [0.15, 0.2) is 11.2 Å². The molecule has 27 heavy (non-hydrogen) atoms. The van der Waals surface area contributed by atoms with E-state index in [9.17, 15) is 9.59 Å². The van der Waals surface area contributed by atoms with Crippen LogP contribution >= 0.6 is 23.4 Å². The van der Waals surface area contributed by atoms with E-state index in [1.807, 2.05) is 18.7 Å². The molecule has 0 spiro atoms. The second kappa shape index (κ2) is 10.5. The van der Waals surface area contributed by atoms with Crippen LogP contribution < -0.4 is 15.7 Å². The van der Waals surface area contributed by atoms with E-state index in [1.54, 1.807) is 13.0 Å². The van der Waals surface area contributed by atoms with Gasteiger partial charge in [-0.1, -0.05) is 23.4 Å². The molecule has 0 unspecified atom stereocenters. The number of anilines is 1. The smallest absolute Gasteiger partial charge is 0.317 e. The summed E-state index contributed by atoms with van der Waals surface area (Å²) < 4.78 is 0. The van der Waals surface area contributed by atoms with Gasteiger partial charge in [-0.3, -0.25) is 9.63 Å². The Balaban J connectivity index is 1.99. The Morgan fingerprint density at radius 2 is 2.15 bits per heavy atom. The highest BCUT2D eigenvalue weighted by molar-refractivity contribution is 7.99. The average Bonchev–Trinajstić information content (AvgIpc) is 2.64. The fraction of sp³-hybridized carbons (Fsp3) is 0.625. The molecular formula is C16H25ClN6O3S. The van der Waals surface area contributed by atoms with Gasteiger partial charge in [0.15, 0.2) is 5.16 Å². The topological polar surface area (TPSA) is 99.7 Å². The van der Waals surface area contributed by atoms with Crippen molar-refractivity contribution >= 4 is 41.1 Å². The molecule has 11 heteroatoms. The van der Waals surface area contributed by atoms with Gasteiger partial charge in [0.05, 0.1) is 12.4 Å². The van der Waals surface area contributed by atoms with Crippen LogP contribution in [0.4, 0.5) is 10.6 Å². The minimum absolute atomic E-state index is 0.0344. The summed E-state index contributed by atoms with van der Waals surface area (Å²) in [6.45, 7) is 8.55. The van der Waals surface area contributed by atoms with Gasteiger partial charge in [0.25, 0.3) is 5.91 Å². The van der Waals surface area contributed by atoms with Gasteiger partial charge in [-0.15, -0.1) is 0 Å². The minimum Gasteiger partial charge on any atom is -0.353 e. The molecule has 0 saturated carbocycles. The first-order valence-electron chi connectivity index (χ1n) is 8.82. The Morgan fingerprint density at radius 1 is 1.37 bits per heavy atom. The van der Waals surface area contributed by atoms with Crippen LogP contribution in [-0.4, -0.2) is 71.4 Å². The number of carbonyl (C=O) groups excluding carboxylic acids is 2. The molecule has 0 aliphatic carbocycles. The summed E-state index contributed by atoms with van der Waals surface area (Å²) in [5.74, 6) is 0.544. The fourth-order valence-corrected chi connectivity index (χ4v) is 3.51. The Bertz CT molecular complexity index is 665. The SMILES string of the molecule is CCNC(=O)N1CCN(c2cc(Cl)nc(SCC(=O)NOCC)n2)C[C@H]1C. The number of nitrogens with zero attached hydrogens (tertiary/aromatic N) is 4. The van der Waals surface area contributed by atoms with Gasteiger partial charge in [-0.05, 0) is 20.8 Å². The van der Waals surface area contributed by atoms with E-state index >= 15 is 0 Å². The minimum atomic E-state index is -0.267. The Kier molecular flexibility index (Phi) is 8.39. The molecule has 1 aromatic heterocycles. The van der Waals surface area contributed by atoms with E-state index in [1.165, 1.54) is 11.8 Å². The fourth-order valence-electron chi connectivity index (χ4n) is 2.64. The summed E-state index contributed by atoms with van der Waals surface area (Å²) in [4.78, 5) is 41.1. The molecule has 150 valence electrons. The molecule has 1 fully saturated rings. The molecule has 2 heterocycles. The van der Waals surface area contributed by atoms with E-state index < -0.39 is 0 Å². The Labute approximate surface area is 168 Å². The third-order valence-corrected chi connectivity index (χ3v) is 4.90. The zero-order valence-electron chi connectivity index (χ0n) is 15.7. The lowest BCUT2D eigenvalue weighted by atomic mass is 10.2. The predicted octanol–water partition coefficient (Wildman–Crippen LogP) is 1.53. The van der Waals surface area contributed by atoms with E-state index in [4.69, 9.17) is 16.4 Å². The van der Waals surface area contributed by atoms with Crippen LogP contribution in [0.3, 0.4) is 0 Å². The first-order valence-corrected chi connectivity index (χ1v) is 10.2. The molecule has 1 aromatic rings. The quantitative estimate of drug-likeness (QED) is 0.301. The lowest BCUT2D eigenvalue weighted by Gasteiger charge is -2.40. The van der Waals surface area contributed by atoms with Crippen molar-refractivity contribution in [3.63, 3.8) is 0 Å². The molecule has 1 saturated heterocycles. The largest absolute Gasteiger partial charge is 0.353 e. The number of hydrogen-bond donors (Lipinski definition) is 2. The number of rotatable bonds is 7. The predicted molar refractivity (Wildman–Crippen MR) is 105 cm³/mol. The molecular weight excluding hydrogens is 392 g/mol. The van der Waals surface area contributed by atoms with Crippen molar-refractivity contribution in [2.75, 3.05) is 43.4 Å². The molecule has 1 atom stereocenters. The van der Waals surface area contributed by atoms with Gasteiger partial charge in [0.2, 0.25) is 0 Å². The van der Waals surface area contributed by atoms with E-state index in [0.717, 1.165) is 0 Å². The first-order chi connectivity index (χ1) is 12.9. The molecule has 0 aromatic carbocycles. The van der Waals surface area contributed by atoms with Crippen molar-refractivity contribution in [3.8, 4) is 0 Å². The maximum atomic E-state index is 12.1. The van der Waals surface area contributed by atoms with E-state index in [-0.39, 0.29) is 23.7 Å². The van der Waals surface area contributed by atoms with E-state index in [2.05, 4.69) is 25.7 Å². The zero-order valence-corrected chi connectivity index (χ0v) is 17.3. The standard InChI is InChI=1S/C16H25ClN6O3S/c1-4-18-16(25)23-7-6-22(9-11(23)3)13-8-12(17)19-15(20-13)27-10-14(24)21-26-5-2/h8,11H,4-7,9-10H2,1-3H3,(H,18,25)(H,21,24)/t11-/m1/s1. The van der Waals surface area contributed by atoms with Gasteiger partial charge < -0.3 is 15.1 Å². The summed E-state index contributed by atoms with van der Waals surface area (Å²) in [6, 6.07) is 1.68. The molecule has 0 radical (unpaired) electrons. The number of hydroxylamine groups is 1. The highest BCUT2D eigenvalue weighted by Gasteiger charge is 2.28. The summed E-state index contributed by atoms with van der Waals surface area (Å²) in [5, 5.41) is 3.56. The number of carbonyl (C=O) groups is 2. The van der Waals surface area contributed by atoms with Crippen LogP contribution in [0.5, 0.6) is 0 Å². The van der Waals surface area contributed by atoms with Gasteiger partial charge in [-0.25, -0.2) is 20.2 Å². The number of thioether (sulfide) groups is 1. The van der Waals surface area contributed by atoms with Crippen molar-refractivity contribution in [2.24, 2.45) is 0 Å². The van der Waals surface area contributed by atoms with Crippen LogP contribution in [-0.2, 0) is 9.63 Å². The van der Waals surface area contributed by atoms with Gasteiger partial charge in [0, 0.05) is 38.3 Å². The number of amides is 3. The van der Waals surface area contributed by atoms with Crippen molar-refractivity contribution in [3.05, 3.63) is 11.2 Å². The first kappa shape index (κ1) is 21.5. The van der Waals surface area contributed by atoms with Crippen LogP contribution in [0.2, 0.25) is 5.15 Å². The number of urea groups is 1. The molecule has 1 aliphatic heterocycles. The van der Waals surface area contributed by atoms with Crippen molar-refractivity contribution in [1.82, 2.24) is 25.7 Å². The van der Waals surface area contributed by atoms with Crippen molar-refractivity contribution < 1.29 is 14.4 Å². The highest BCUT2D eigenvalue weighted by Crippen LogP contribution is 2.24. The van der Waals surface area contributed by atoms with Gasteiger partial charge in [-0.2, -0.15) is 0 Å². The maximum Gasteiger partial charge on any atom is 0.317 e. The maximum absolute atomic E-state index is 12.1. The monoisotopic (exact) mass is 416 g/mol. The lowest BCUT2D eigenvalue weighted by molar-refractivity contribution is -0.130. The molecule has 3 amide bonds. The van der Waals surface area contributed by atoms with E-state index in [0.29, 0.717) is 48.9 Å². The molecule has 2 rings (SSSR count). The van der Waals surface area contributed by atoms with Crippen LogP contribution in [0, 0.1) is 0 Å². The highest BCUT2D eigenvalue weighted by atomic mass is 35.5. The lowest BCUT2D eigenvalue weighted by Crippen LogP contribution is -2.56. The molecule has 1 aliphatic rings. The molecule has 9 nitrogen and oxygen atoms in total. The summed E-state index contributed by atoms with van der Waals surface area (Å²) in [5.41, 5.74) is 2.32. The molecule has 2 N–H and O–H groups in total. The Hall–Kier alpha value is -1.78. The molecule has 0 bridgehead atoms. The summed E-state index contributed by atoms with van der Waals surface area (Å²) in [6.07, 6.45) is 0. The zero-order chi connectivity index (χ0) is 19.8. The second-order valence-corrected chi connectivity index (χ2v) is 7.23. The van der Waals surface area contributed by atoms with Crippen LogP contribution in [0.1, 0.15) is 20.8 Å². The summed E-state index contributed by atoms with van der Waals surface area (Å²) in [7, 11) is 0. The summed E-state index contributed by atoms with van der Waals surface area (Å²) >= 11 is 7.32. The number of aromatic nitrogens is 2. The second-order valence-electron chi connectivity index (χ2n) is 5.90. The number of halogens is 1. The van der Waals surface area contributed by atoms with Gasteiger partial charge in [0.1, 0.15) is 11.0 Å². The normalized spacial score (nSPS) is 17.0. The average molecular weight is 417 g/mol. The Morgan fingerprint density at radius 3 is 2.81 bits per heavy atom. The number of hydrogen-bond acceptors (Lipinski definition) is 7. The third-order valence-electron chi connectivity index (χ3n) is 3.86. The van der Waals surface area contributed by atoms with Crippen molar-refractivity contribution in [1.29, 1.82) is 0 Å². The van der Waals surface area contributed by atoms with Crippen LogP contribution in [0.25, 0.3) is 0 Å². The van der Waals surface area contributed by atoms with Crippen molar-refractivity contribution in [2.45, 2.75) is 32.0 Å². The van der Waals surface area contributed by atoms with Gasteiger partial charge >= 0.3 is 6.03 Å².